The quantitative estimate of drug-likeness (QED) is 0.467. The Hall–Kier alpha value is -3.61. The van der Waals surface area contributed by atoms with Gasteiger partial charge in [-0.25, -0.2) is 4.79 Å². The number of aryl methyl sites for hydroxylation is 1. The van der Waals surface area contributed by atoms with Crippen LogP contribution in [0.3, 0.4) is 0 Å². The van der Waals surface area contributed by atoms with Crippen LogP contribution in [0.25, 0.3) is 11.0 Å². The maximum Gasteiger partial charge on any atom is 0.325 e. The minimum atomic E-state index is -1.34. The number of hydrogen-bond donors (Lipinski definition) is 2. The number of carbonyl (C=O) groups excluding carboxylic acids is 3. The summed E-state index contributed by atoms with van der Waals surface area (Å²) >= 11 is 0. The van der Waals surface area contributed by atoms with Crippen LogP contribution in [0.5, 0.6) is 0 Å². The van der Waals surface area contributed by atoms with Crippen LogP contribution in [0.15, 0.2) is 65.1 Å². The number of nitrogens with zero attached hydrogens (tertiary/aromatic N) is 1. The van der Waals surface area contributed by atoms with Gasteiger partial charge >= 0.3 is 6.03 Å². The van der Waals surface area contributed by atoms with E-state index in [0.717, 1.165) is 23.1 Å². The lowest BCUT2D eigenvalue weighted by atomic mass is 9.99. The zero-order chi connectivity index (χ0) is 21.1. The van der Waals surface area contributed by atoms with Crippen molar-refractivity contribution in [3.05, 3.63) is 72.0 Å². The molecule has 3 aromatic rings. The van der Waals surface area contributed by atoms with E-state index in [-0.39, 0.29) is 12.5 Å². The molecule has 2 N–H and O–H groups in total. The number of para-hydroxylation sites is 1. The number of nitrogens with one attached hydrogen (secondary N) is 2. The van der Waals surface area contributed by atoms with Crippen LogP contribution in [0.4, 0.5) is 4.79 Å². The van der Waals surface area contributed by atoms with E-state index in [1.807, 2.05) is 48.5 Å². The number of amides is 4. The number of carbonyl (C=O) groups is 3. The van der Waals surface area contributed by atoms with Crippen LogP contribution in [-0.2, 0) is 21.5 Å². The van der Waals surface area contributed by atoms with Crippen LogP contribution >= 0.6 is 0 Å². The lowest BCUT2D eigenvalue weighted by Gasteiger charge is -2.18. The third-order valence-corrected chi connectivity index (χ3v) is 5.30. The van der Waals surface area contributed by atoms with Crippen molar-refractivity contribution in [2.75, 3.05) is 13.1 Å². The normalized spacial score (nSPS) is 18.6. The maximum absolute atomic E-state index is 13.0. The Morgan fingerprint density at radius 1 is 1.10 bits per heavy atom. The van der Waals surface area contributed by atoms with Gasteiger partial charge in [0.2, 0.25) is 5.91 Å². The molecule has 4 rings (SSSR count). The van der Waals surface area contributed by atoms with E-state index in [9.17, 15) is 14.4 Å². The number of hydrogen-bond acceptors (Lipinski definition) is 4. The number of rotatable bonds is 7. The van der Waals surface area contributed by atoms with Crippen molar-refractivity contribution in [3.8, 4) is 0 Å². The molecule has 1 unspecified atom stereocenters. The fraction of sp³-hybridized carbons (Fsp3) is 0.261. The van der Waals surface area contributed by atoms with Gasteiger partial charge in [-0.3, -0.25) is 14.5 Å². The molecule has 1 fully saturated rings. The van der Waals surface area contributed by atoms with E-state index in [4.69, 9.17) is 4.42 Å². The largest absolute Gasteiger partial charge is 0.458 e. The number of fused-ring (bicyclic) bond motifs is 1. The fourth-order valence-electron chi connectivity index (χ4n) is 3.60. The van der Waals surface area contributed by atoms with Gasteiger partial charge in [-0.15, -0.1) is 0 Å². The molecule has 4 amide bonds. The Balaban J connectivity index is 1.36. The van der Waals surface area contributed by atoms with Crippen molar-refractivity contribution in [2.45, 2.75) is 25.3 Å². The molecule has 30 heavy (non-hydrogen) atoms. The summed E-state index contributed by atoms with van der Waals surface area (Å²) in [5, 5.41) is 6.28. The average Bonchev–Trinajstić information content (AvgIpc) is 3.28. The molecular formula is C23H23N3O4. The predicted octanol–water partition coefficient (Wildman–Crippen LogP) is 2.95. The van der Waals surface area contributed by atoms with E-state index >= 15 is 0 Å². The topological polar surface area (TPSA) is 91.7 Å². The molecule has 7 heteroatoms. The van der Waals surface area contributed by atoms with Crippen molar-refractivity contribution >= 4 is 28.8 Å². The second-order valence-electron chi connectivity index (χ2n) is 7.53. The van der Waals surface area contributed by atoms with Crippen LogP contribution in [0, 0.1) is 0 Å². The Kier molecular flexibility index (Phi) is 5.27. The molecule has 0 bridgehead atoms. The van der Waals surface area contributed by atoms with Crippen molar-refractivity contribution in [3.63, 3.8) is 0 Å². The molecule has 0 saturated carbocycles. The lowest BCUT2D eigenvalue weighted by Crippen LogP contribution is -2.43. The summed E-state index contributed by atoms with van der Waals surface area (Å²) in [6.07, 6.45) is 1.61. The third-order valence-electron chi connectivity index (χ3n) is 5.30. The number of imide groups is 1. The van der Waals surface area contributed by atoms with Gasteiger partial charge in [0.05, 0.1) is 0 Å². The molecule has 1 aromatic heterocycles. The summed E-state index contributed by atoms with van der Waals surface area (Å²) in [5.74, 6) is -0.542. The van der Waals surface area contributed by atoms with Gasteiger partial charge in [-0.05, 0) is 37.5 Å². The minimum Gasteiger partial charge on any atom is -0.458 e. The fourth-order valence-corrected chi connectivity index (χ4v) is 3.60. The molecule has 0 aliphatic carbocycles. The monoisotopic (exact) mass is 405 g/mol. The minimum absolute atomic E-state index is 0.328. The Bertz CT molecular complexity index is 1060. The molecule has 1 aliphatic heterocycles. The number of urea groups is 1. The van der Waals surface area contributed by atoms with E-state index in [1.54, 1.807) is 19.1 Å². The Labute approximate surface area is 174 Å². The van der Waals surface area contributed by atoms with Gasteiger partial charge in [0.15, 0.2) is 5.54 Å². The summed E-state index contributed by atoms with van der Waals surface area (Å²) in [6.45, 7) is 1.73. The summed E-state index contributed by atoms with van der Waals surface area (Å²) in [5.41, 5.74) is 0.483. The highest BCUT2D eigenvalue weighted by Gasteiger charge is 2.51. The van der Waals surface area contributed by atoms with E-state index in [2.05, 4.69) is 10.6 Å². The standard InChI is InChI=1S/C23H23N3O4/c1-23(19-14-17-11-5-6-12-18(17)30-19)21(28)26(22(29)25-23)15-20(27)24-13-7-10-16-8-3-2-4-9-16/h2-6,8-9,11-12,14H,7,10,13,15H2,1H3,(H,24,27)(H,25,29). The van der Waals surface area contributed by atoms with Crippen molar-refractivity contribution < 1.29 is 18.8 Å². The summed E-state index contributed by atoms with van der Waals surface area (Å²) in [7, 11) is 0. The number of benzene rings is 2. The first-order chi connectivity index (χ1) is 14.5. The van der Waals surface area contributed by atoms with Crippen molar-refractivity contribution in [2.24, 2.45) is 0 Å². The highest BCUT2D eigenvalue weighted by molar-refractivity contribution is 6.09. The van der Waals surface area contributed by atoms with Gasteiger partial charge in [0.25, 0.3) is 5.91 Å². The molecule has 0 radical (unpaired) electrons. The zero-order valence-corrected chi connectivity index (χ0v) is 16.7. The third kappa shape index (κ3) is 3.78. The first kappa shape index (κ1) is 19.7. The van der Waals surface area contributed by atoms with Gasteiger partial charge in [-0.1, -0.05) is 48.5 Å². The van der Waals surface area contributed by atoms with Gasteiger partial charge in [0, 0.05) is 11.9 Å². The second kappa shape index (κ2) is 8.02. The Morgan fingerprint density at radius 2 is 1.83 bits per heavy atom. The van der Waals surface area contributed by atoms with E-state index in [0.29, 0.717) is 17.9 Å². The lowest BCUT2D eigenvalue weighted by molar-refractivity contribution is -0.135. The smallest absolute Gasteiger partial charge is 0.325 e. The molecule has 1 atom stereocenters. The SMILES string of the molecule is CC1(c2cc3ccccc3o2)NC(=O)N(CC(=O)NCCCc2ccccc2)C1=O. The maximum atomic E-state index is 13.0. The Morgan fingerprint density at radius 3 is 2.60 bits per heavy atom. The van der Waals surface area contributed by atoms with Crippen molar-refractivity contribution in [1.82, 2.24) is 15.5 Å². The van der Waals surface area contributed by atoms with Crippen LogP contribution in [0.2, 0.25) is 0 Å². The molecule has 1 saturated heterocycles. The first-order valence-electron chi connectivity index (χ1n) is 9.91. The molecule has 1 aliphatic rings. The van der Waals surface area contributed by atoms with Gasteiger partial charge in [0.1, 0.15) is 17.9 Å². The average molecular weight is 405 g/mol. The molecular weight excluding hydrogens is 382 g/mol. The van der Waals surface area contributed by atoms with Gasteiger partial charge < -0.3 is 15.1 Å². The van der Waals surface area contributed by atoms with Crippen molar-refractivity contribution in [1.29, 1.82) is 0 Å². The number of furan rings is 1. The molecule has 2 heterocycles. The molecule has 0 spiro atoms. The molecule has 154 valence electrons. The highest BCUT2D eigenvalue weighted by Crippen LogP contribution is 2.32. The predicted molar refractivity (Wildman–Crippen MR) is 112 cm³/mol. The van der Waals surface area contributed by atoms with E-state index < -0.39 is 17.5 Å². The second-order valence-corrected chi connectivity index (χ2v) is 7.53. The highest BCUT2D eigenvalue weighted by atomic mass is 16.3. The van der Waals surface area contributed by atoms with Crippen LogP contribution in [-0.4, -0.2) is 35.8 Å². The van der Waals surface area contributed by atoms with Gasteiger partial charge in [-0.2, -0.15) is 0 Å². The summed E-state index contributed by atoms with van der Waals surface area (Å²) in [4.78, 5) is 38.6. The van der Waals surface area contributed by atoms with Crippen LogP contribution < -0.4 is 10.6 Å². The molecule has 7 nitrogen and oxygen atoms in total. The molecule has 2 aromatic carbocycles. The summed E-state index contributed by atoms with van der Waals surface area (Å²) in [6, 6.07) is 18.5. The van der Waals surface area contributed by atoms with Crippen LogP contribution in [0.1, 0.15) is 24.7 Å². The van der Waals surface area contributed by atoms with E-state index in [1.165, 1.54) is 5.56 Å². The summed E-state index contributed by atoms with van der Waals surface area (Å²) < 4.78 is 5.79. The first-order valence-corrected chi connectivity index (χ1v) is 9.91. The zero-order valence-electron chi connectivity index (χ0n) is 16.7.